The topological polar surface area (TPSA) is 81.6 Å². The van der Waals surface area contributed by atoms with Crippen molar-refractivity contribution in [3.8, 4) is 0 Å². The first-order valence-electron chi connectivity index (χ1n) is 7.62. The van der Waals surface area contributed by atoms with Crippen molar-refractivity contribution in [3.05, 3.63) is 35.4 Å². The molecule has 0 atom stereocenters. The normalized spacial score (nSPS) is 17.0. The van der Waals surface area contributed by atoms with E-state index in [1.807, 2.05) is 18.2 Å². The Kier molecular flexibility index (Phi) is 6.17. The number of carbonyl (C=O) groups is 1. The minimum Gasteiger partial charge on any atom is -0.378 e. The van der Waals surface area contributed by atoms with Crippen LogP contribution in [0.5, 0.6) is 0 Å². The third kappa shape index (κ3) is 4.81. The zero-order valence-corrected chi connectivity index (χ0v) is 12.5. The Bertz CT molecular complexity index is 457. The van der Waals surface area contributed by atoms with E-state index in [9.17, 15) is 4.79 Å². The number of amides is 1. The predicted octanol–water partition coefficient (Wildman–Crippen LogP) is 1.12. The van der Waals surface area contributed by atoms with Crippen molar-refractivity contribution in [1.29, 1.82) is 0 Å². The number of hydrogen-bond acceptors (Lipinski definition) is 4. The van der Waals surface area contributed by atoms with Crippen LogP contribution in [0.2, 0.25) is 0 Å². The first-order chi connectivity index (χ1) is 10.2. The molecule has 0 aliphatic carbocycles. The van der Waals surface area contributed by atoms with Gasteiger partial charge in [-0.05, 0) is 37.4 Å². The first kappa shape index (κ1) is 15.9. The molecule has 4 N–H and O–H groups in total. The average molecular weight is 291 g/mol. The summed E-state index contributed by atoms with van der Waals surface area (Å²) in [6.07, 6.45) is 3.33. The minimum atomic E-state index is -0.356. The van der Waals surface area contributed by atoms with Gasteiger partial charge in [0.25, 0.3) is 0 Å². The second-order valence-corrected chi connectivity index (χ2v) is 5.51. The maximum Gasteiger partial charge on any atom is 0.249 e. The summed E-state index contributed by atoms with van der Waals surface area (Å²) in [5.74, 6) is -0.356. The van der Waals surface area contributed by atoms with Crippen LogP contribution >= 0.6 is 0 Å². The van der Waals surface area contributed by atoms with Gasteiger partial charge in [-0.15, -0.1) is 0 Å². The molecule has 0 bridgehead atoms. The molecule has 1 aliphatic heterocycles. The van der Waals surface area contributed by atoms with E-state index in [1.54, 1.807) is 6.07 Å². The van der Waals surface area contributed by atoms with E-state index < -0.39 is 0 Å². The van der Waals surface area contributed by atoms with Crippen molar-refractivity contribution >= 4 is 5.91 Å². The summed E-state index contributed by atoms with van der Waals surface area (Å²) in [4.78, 5) is 13.8. The number of rotatable bonds is 7. The molecule has 0 unspecified atom stereocenters. The van der Waals surface area contributed by atoms with Gasteiger partial charge in [0.1, 0.15) is 0 Å². The Morgan fingerprint density at radius 1 is 1.29 bits per heavy atom. The second kappa shape index (κ2) is 8.12. The molecule has 0 radical (unpaired) electrons. The standard InChI is InChI=1S/C16H25N3O2/c17-8-3-11-21-14-6-9-19(10-7-14)12-13-4-1-2-5-15(13)16(18)20/h1-2,4-5,14H,3,6-12,17H2,(H2,18,20). The van der Waals surface area contributed by atoms with E-state index >= 15 is 0 Å². The average Bonchev–Trinajstić information content (AvgIpc) is 2.50. The van der Waals surface area contributed by atoms with Crippen molar-refractivity contribution in [2.75, 3.05) is 26.2 Å². The number of benzene rings is 1. The molecular weight excluding hydrogens is 266 g/mol. The molecular formula is C16H25N3O2. The third-order valence-corrected chi connectivity index (χ3v) is 3.91. The fraction of sp³-hybridized carbons (Fsp3) is 0.562. The molecule has 0 spiro atoms. The number of carbonyl (C=O) groups excluding carboxylic acids is 1. The van der Waals surface area contributed by atoms with Gasteiger partial charge in [-0.3, -0.25) is 9.69 Å². The van der Waals surface area contributed by atoms with Crippen LogP contribution in [-0.4, -0.2) is 43.2 Å². The lowest BCUT2D eigenvalue weighted by atomic mass is 10.0. The van der Waals surface area contributed by atoms with Crippen molar-refractivity contribution in [1.82, 2.24) is 4.90 Å². The molecule has 0 aromatic heterocycles. The Hall–Kier alpha value is -1.43. The lowest BCUT2D eigenvalue weighted by Crippen LogP contribution is -2.37. The number of nitrogens with two attached hydrogens (primary N) is 2. The van der Waals surface area contributed by atoms with Crippen molar-refractivity contribution < 1.29 is 9.53 Å². The number of primary amides is 1. The zero-order chi connectivity index (χ0) is 15.1. The van der Waals surface area contributed by atoms with E-state index in [4.69, 9.17) is 16.2 Å². The van der Waals surface area contributed by atoms with Crippen molar-refractivity contribution in [3.63, 3.8) is 0 Å². The molecule has 21 heavy (non-hydrogen) atoms. The third-order valence-electron chi connectivity index (χ3n) is 3.91. The van der Waals surface area contributed by atoms with Crippen LogP contribution in [0.1, 0.15) is 35.2 Å². The van der Waals surface area contributed by atoms with E-state index in [0.29, 0.717) is 18.2 Å². The number of nitrogens with zero attached hydrogens (tertiary/aromatic N) is 1. The molecule has 1 saturated heterocycles. The van der Waals surface area contributed by atoms with Crippen LogP contribution in [0.3, 0.4) is 0 Å². The van der Waals surface area contributed by atoms with E-state index in [2.05, 4.69) is 4.90 Å². The predicted molar refractivity (Wildman–Crippen MR) is 82.9 cm³/mol. The van der Waals surface area contributed by atoms with Crippen molar-refractivity contribution in [2.45, 2.75) is 31.9 Å². The molecule has 1 amide bonds. The van der Waals surface area contributed by atoms with E-state index in [0.717, 1.165) is 51.1 Å². The fourth-order valence-corrected chi connectivity index (χ4v) is 2.71. The quantitative estimate of drug-likeness (QED) is 0.738. The summed E-state index contributed by atoms with van der Waals surface area (Å²) in [6.45, 7) is 4.18. The number of ether oxygens (including phenoxy) is 1. The Morgan fingerprint density at radius 2 is 2.00 bits per heavy atom. The van der Waals surface area contributed by atoms with Gasteiger partial charge in [-0.1, -0.05) is 18.2 Å². The summed E-state index contributed by atoms with van der Waals surface area (Å²) in [5, 5.41) is 0. The van der Waals surface area contributed by atoms with Gasteiger partial charge in [-0.25, -0.2) is 0 Å². The summed E-state index contributed by atoms with van der Waals surface area (Å²) >= 11 is 0. The Labute approximate surface area is 126 Å². The van der Waals surface area contributed by atoms with Crippen molar-refractivity contribution in [2.24, 2.45) is 11.5 Å². The molecule has 5 nitrogen and oxygen atoms in total. The van der Waals surface area contributed by atoms with E-state index in [1.165, 1.54) is 0 Å². The van der Waals surface area contributed by atoms with Crippen LogP contribution in [0, 0.1) is 0 Å². The highest BCUT2D eigenvalue weighted by molar-refractivity contribution is 5.94. The monoisotopic (exact) mass is 291 g/mol. The molecule has 1 aliphatic rings. The van der Waals surface area contributed by atoms with Gasteiger partial charge in [0.15, 0.2) is 0 Å². The first-order valence-corrected chi connectivity index (χ1v) is 7.62. The highest BCUT2D eigenvalue weighted by Gasteiger charge is 2.20. The fourth-order valence-electron chi connectivity index (χ4n) is 2.71. The molecule has 1 heterocycles. The van der Waals surface area contributed by atoms with Crippen LogP contribution in [0.4, 0.5) is 0 Å². The van der Waals surface area contributed by atoms with Crippen LogP contribution in [0.15, 0.2) is 24.3 Å². The number of hydrogen-bond donors (Lipinski definition) is 2. The van der Waals surface area contributed by atoms with E-state index in [-0.39, 0.29) is 5.91 Å². The maximum atomic E-state index is 11.4. The van der Waals surface area contributed by atoms with Gasteiger partial charge in [-0.2, -0.15) is 0 Å². The Morgan fingerprint density at radius 3 is 2.67 bits per heavy atom. The summed E-state index contributed by atoms with van der Waals surface area (Å²) < 4.78 is 5.80. The largest absolute Gasteiger partial charge is 0.378 e. The molecule has 2 rings (SSSR count). The highest BCUT2D eigenvalue weighted by Crippen LogP contribution is 2.18. The molecule has 5 heteroatoms. The van der Waals surface area contributed by atoms with Gasteiger partial charge in [0, 0.05) is 31.8 Å². The smallest absolute Gasteiger partial charge is 0.249 e. The SMILES string of the molecule is NCCCOC1CCN(Cc2ccccc2C(N)=O)CC1. The number of likely N-dealkylation sites (tertiary alicyclic amines) is 1. The van der Waals surface area contributed by atoms with Gasteiger partial charge >= 0.3 is 0 Å². The van der Waals surface area contributed by atoms with Crippen LogP contribution < -0.4 is 11.5 Å². The summed E-state index contributed by atoms with van der Waals surface area (Å²) in [7, 11) is 0. The van der Waals surface area contributed by atoms with Crippen LogP contribution in [0.25, 0.3) is 0 Å². The molecule has 1 aromatic rings. The van der Waals surface area contributed by atoms with Gasteiger partial charge in [0.2, 0.25) is 5.91 Å². The molecule has 1 fully saturated rings. The van der Waals surface area contributed by atoms with Gasteiger partial charge < -0.3 is 16.2 Å². The minimum absolute atomic E-state index is 0.346. The van der Waals surface area contributed by atoms with Gasteiger partial charge in [0.05, 0.1) is 6.10 Å². The zero-order valence-electron chi connectivity index (χ0n) is 12.5. The molecule has 116 valence electrons. The lowest BCUT2D eigenvalue weighted by molar-refractivity contribution is 0.00558. The molecule has 0 saturated carbocycles. The molecule has 1 aromatic carbocycles. The second-order valence-electron chi connectivity index (χ2n) is 5.51. The number of piperidine rings is 1. The summed E-state index contributed by atoms with van der Waals surface area (Å²) in [6, 6.07) is 7.57. The Balaban J connectivity index is 1.82. The summed E-state index contributed by atoms with van der Waals surface area (Å²) in [5.41, 5.74) is 12.5. The lowest BCUT2D eigenvalue weighted by Gasteiger charge is -2.32. The van der Waals surface area contributed by atoms with Crippen LogP contribution in [-0.2, 0) is 11.3 Å². The maximum absolute atomic E-state index is 11.4. The highest BCUT2D eigenvalue weighted by atomic mass is 16.5.